The molecule has 0 aromatic carbocycles. The second-order valence-corrected chi connectivity index (χ2v) is 0.996. The van der Waals surface area contributed by atoms with Gasteiger partial charge in [0.15, 0.2) is 0 Å². The van der Waals surface area contributed by atoms with E-state index in [0.29, 0.717) is 0 Å². The smallest absolute Gasteiger partial charge is 0.273 e. The van der Waals surface area contributed by atoms with Crippen LogP contribution in [0.1, 0.15) is 0 Å². The van der Waals surface area contributed by atoms with Crippen LogP contribution in [0.2, 0.25) is 0 Å². The van der Waals surface area contributed by atoms with E-state index in [1.54, 1.807) is 0 Å². The summed E-state index contributed by atoms with van der Waals surface area (Å²) >= 11 is 0. The highest BCUT2D eigenvalue weighted by Gasteiger charge is 2.61. The summed E-state index contributed by atoms with van der Waals surface area (Å²) in [5.41, 5.74) is 0. The van der Waals surface area contributed by atoms with Crippen molar-refractivity contribution in [2.45, 2.75) is 12.5 Å². The molecule has 0 aromatic rings. The summed E-state index contributed by atoms with van der Waals surface area (Å²) in [6.45, 7) is 0. The van der Waals surface area contributed by atoms with Crippen LogP contribution >= 0.6 is 0 Å². The van der Waals surface area contributed by atoms with Crippen molar-refractivity contribution in [3.8, 4) is 0 Å². The van der Waals surface area contributed by atoms with Crippen molar-refractivity contribution < 1.29 is 17.9 Å². The van der Waals surface area contributed by atoms with Crippen LogP contribution in [0.5, 0.6) is 0 Å². The van der Waals surface area contributed by atoms with Gasteiger partial charge in [-0.25, -0.2) is 4.39 Å². The van der Waals surface area contributed by atoms with Gasteiger partial charge >= 0.3 is 6.11 Å². The quantitative estimate of drug-likeness (QED) is 0.410. The van der Waals surface area contributed by atoms with Gasteiger partial charge in [-0.15, -0.1) is 0 Å². The molecular formula is C2HF3O. The molecule has 1 aliphatic rings. The van der Waals surface area contributed by atoms with Crippen LogP contribution in [0.3, 0.4) is 0 Å². The standard InChI is InChI=1S/C2HF3O/c3-1-2(4,5)6-1/h1H/t1-/m1/s1. The van der Waals surface area contributed by atoms with E-state index in [0.717, 1.165) is 0 Å². The summed E-state index contributed by atoms with van der Waals surface area (Å²) in [6, 6.07) is 0. The van der Waals surface area contributed by atoms with E-state index < -0.39 is 12.5 Å². The van der Waals surface area contributed by atoms with E-state index in [1.807, 2.05) is 0 Å². The maximum absolute atomic E-state index is 10.9. The lowest BCUT2D eigenvalue weighted by molar-refractivity contribution is 0.000667. The number of ether oxygens (including phenoxy) is 1. The Morgan fingerprint density at radius 2 is 1.67 bits per heavy atom. The maximum atomic E-state index is 10.9. The zero-order valence-electron chi connectivity index (χ0n) is 2.62. The minimum Gasteiger partial charge on any atom is -0.273 e. The Kier molecular flexibility index (Phi) is 0.460. The van der Waals surface area contributed by atoms with Gasteiger partial charge in [0.2, 0.25) is 0 Å². The second kappa shape index (κ2) is 0.703. The highest BCUT2D eigenvalue weighted by molar-refractivity contribution is 4.71. The zero-order valence-corrected chi connectivity index (χ0v) is 2.62. The van der Waals surface area contributed by atoms with Crippen LogP contribution in [-0.2, 0) is 4.74 Å². The van der Waals surface area contributed by atoms with Crippen LogP contribution in [0.4, 0.5) is 13.2 Å². The molecule has 1 aliphatic heterocycles. The molecule has 1 fully saturated rings. The zero-order chi connectivity index (χ0) is 4.78. The molecule has 1 atom stereocenters. The van der Waals surface area contributed by atoms with Crippen molar-refractivity contribution in [1.82, 2.24) is 0 Å². The maximum Gasteiger partial charge on any atom is 0.414 e. The minimum atomic E-state index is -3.46. The molecule has 0 unspecified atom stereocenters. The molecule has 0 bridgehead atoms. The number of hydrogen-bond acceptors (Lipinski definition) is 1. The molecule has 0 spiro atoms. The Morgan fingerprint density at radius 3 is 1.67 bits per heavy atom. The fourth-order valence-corrected chi connectivity index (χ4v) is 0.104. The molecule has 1 nitrogen and oxygen atoms in total. The summed E-state index contributed by atoms with van der Waals surface area (Å²) in [7, 11) is 0. The second-order valence-electron chi connectivity index (χ2n) is 0.996. The third-order valence-electron chi connectivity index (χ3n) is 0.468. The average Bonchev–Trinajstić information content (AvgIpc) is 1.73. The van der Waals surface area contributed by atoms with Crippen LogP contribution in [0, 0.1) is 0 Å². The van der Waals surface area contributed by atoms with Gasteiger partial charge in [-0.1, -0.05) is 0 Å². The number of alkyl halides is 3. The number of epoxide rings is 1. The monoisotopic (exact) mass is 98.0 g/mol. The lowest BCUT2D eigenvalue weighted by Gasteiger charge is -1.71. The van der Waals surface area contributed by atoms with Crippen LogP contribution in [0.25, 0.3) is 0 Å². The Bertz CT molecular complexity index is 71.2. The molecule has 0 aromatic heterocycles. The van der Waals surface area contributed by atoms with Crippen molar-refractivity contribution >= 4 is 0 Å². The van der Waals surface area contributed by atoms with Crippen LogP contribution < -0.4 is 0 Å². The lowest BCUT2D eigenvalue weighted by Crippen LogP contribution is -1.90. The van der Waals surface area contributed by atoms with Gasteiger partial charge < -0.3 is 0 Å². The van der Waals surface area contributed by atoms with Crippen LogP contribution in [0.15, 0.2) is 0 Å². The van der Waals surface area contributed by atoms with Gasteiger partial charge in [0.05, 0.1) is 0 Å². The molecule has 1 saturated heterocycles. The Labute approximate surface area is 31.7 Å². The summed E-state index contributed by atoms with van der Waals surface area (Å²) in [5, 5.41) is 0. The molecule has 0 N–H and O–H groups in total. The fourth-order valence-electron chi connectivity index (χ4n) is 0.104. The molecule has 0 saturated carbocycles. The van der Waals surface area contributed by atoms with Gasteiger partial charge in [0, 0.05) is 0 Å². The fraction of sp³-hybridized carbons (Fsp3) is 1.00. The number of halogens is 3. The Balaban J connectivity index is 2.41. The van der Waals surface area contributed by atoms with E-state index in [-0.39, 0.29) is 0 Å². The molecule has 0 amide bonds. The summed E-state index contributed by atoms with van der Waals surface area (Å²) in [6.07, 6.45) is -5.79. The van der Waals surface area contributed by atoms with Gasteiger partial charge in [-0.3, -0.25) is 4.74 Å². The normalized spacial score (nSPS) is 39.5. The van der Waals surface area contributed by atoms with Crippen molar-refractivity contribution in [3.63, 3.8) is 0 Å². The average molecular weight is 98.0 g/mol. The van der Waals surface area contributed by atoms with Crippen LogP contribution in [-0.4, -0.2) is 12.5 Å². The highest BCUT2D eigenvalue weighted by Crippen LogP contribution is 2.39. The summed E-state index contributed by atoms with van der Waals surface area (Å²) < 4.78 is 35.9. The molecule has 0 radical (unpaired) electrons. The van der Waals surface area contributed by atoms with E-state index in [1.165, 1.54) is 0 Å². The van der Waals surface area contributed by atoms with Crippen molar-refractivity contribution in [2.75, 3.05) is 0 Å². The number of hydrogen-bond donors (Lipinski definition) is 0. The molecule has 1 heterocycles. The van der Waals surface area contributed by atoms with Crippen molar-refractivity contribution in [2.24, 2.45) is 0 Å². The van der Waals surface area contributed by atoms with Crippen molar-refractivity contribution in [3.05, 3.63) is 0 Å². The van der Waals surface area contributed by atoms with Gasteiger partial charge in [-0.05, 0) is 0 Å². The molecule has 36 valence electrons. The molecule has 6 heavy (non-hydrogen) atoms. The third kappa shape index (κ3) is 0.370. The predicted octanol–water partition coefficient (Wildman–Crippen LogP) is 0.905. The SMILES string of the molecule is F[C@@H]1OC1(F)F. The summed E-state index contributed by atoms with van der Waals surface area (Å²) in [5.74, 6) is 0. The van der Waals surface area contributed by atoms with E-state index in [4.69, 9.17) is 0 Å². The molecule has 0 aliphatic carbocycles. The van der Waals surface area contributed by atoms with Gasteiger partial charge in [0.1, 0.15) is 0 Å². The first-order chi connectivity index (χ1) is 2.63. The van der Waals surface area contributed by atoms with E-state index in [9.17, 15) is 13.2 Å². The van der Waals surface area contributed by atoms with Gasteiger partial charge in [0.25, 0.3) is 6.36 Å². The third-order valence-corrected chi connectivity index (χ3v) is 0.468. The van der Waals surface area contributed by atoms with Crippen molar-refractivity contribution in [1.29, 1.82) is 0 Å². The minimum absolute atomic E-state index is 2.34. The first-order valence-electron chi connectivity index (χ1n) is 1.32. The lowest BCUT2D eigenvalue weighted by atomic mass is 10.8. The number of rotatable bonds is 0. The summed E-state index contributed by atoms with van der Waals surface area (Å²) in [4.78, 5) is 0. The highest BCUT2D eigenvalue weighted by atomic mass is 19.3. The topological polar surface area (TPSA) is 12.5 Å². The molecule has 4 heteroatoms. The van der Waals surface area contributed by atoms with E-state index in [2.05, 4.69) is 4.74 Å². The predicted molar refractivity (Wildman–Crippen MR) is 10.9 cm³/mol. The Hall–Kier alpha value is -0.250. The largest absolute Gasteiger partial charge is 0.414 e. The van der Waals surface area contributed by atoms with E-state index >= 15 is 0 Å². The Morgan fingerprint density at radius 1 is 1.50 bits per heavy atom. The first kappa shape index (κ1) is 3.92. The molecular weight excluding hydrogens is 97.0 g/mol. The van der Waals surface area contributed by atoms with Gasteiger partial charge in [-0.2, -0.15) is 8.78 Å². The first-order valence-corrected chi connectivity index (χ1v) is 1.32. The molecule has 1 rings (SSSR count).